The Morgan fingerprint density at radius 1 is 0.909 bits per heavy atom. The number of aliphatic hydroxyl groups is 2. The third-order valence-electron chi connectivity index (χ3n) is 11.2. The maximum atomic E-state index is 11.5. The lowest BCUT2D eigenvalue weighted by Crippen LogP contribution is -2.64. The predicted octanol–water partition coefficient (Wildman–Crippen LogP) is 5.98. The molecule has 190 valence electrons. The average molecular weight is 463 g/mol. The van der Waals surface area contributed by atoms with Gasteiger partial charge < -0.3 is 14.9 Å². The average Bonchev–Trinajstić information content (AvgIpc) is 3.09. The van der Waals surface area contributed by atoms with Gasteiger partial charge in [-0.3, -0.25) is 4.79 Å². The Bertz CT molecular complexity index is 706. The zero-order valence-electron chi connectivity index (χ0n) is 22.1. The normalized spacial score (nSPS) is 48.0. The van der Waals surface area contributed by atoms with Crippen LogP contribution in [0.4, 0.5) is 0 Å². The third kappa shape index (κ3) is 4.41. The highest BCUT2D eigenvalue weighted by Crippen LogP contribution is 2.68. The second kappa shape index (κ2) is 9.45. The molecule has 2 N–H and O–H groups in total. The van der Waals surface area contributed by atoms with Gasteiger partial charge in [0.25, 0.3) is 0 Å². The molecule has 0 heterocycles. The zero-order chi connectivity index (χ0) is 24.1. The first-order valence-corrected chi connectivity index (χ1v) is 14.0. The van der Waals surface area contributed by atoms with Crippen LogP contribution in [0, 0.1) is 52.3 Å². The van der Waals surface area contributed by atoms with Crippen molar-refractivity contribution in [3.05, 3.63) is 0 Å². The van der Waals surface area contributed by atoms with E-state index in [1.807, 2.05) is 0 Å². The lowest BCUT2D eigenvalue weighted by molar-refractivity contribution is -0.225. The summed E-state index contributed by atoms with van der Waals surface area (Å²) in [7, 11) is 0. The van der Waals surface area contributed by atoms with E-state index in [4.69, 9.17) is 4.74 Å². The number of hydrogen-bond donors (Lipinski definition) is 2. The van der Waals surface area contributed by atoms with Crippen LogP contribution in [-0.4, -0.2) is 34.5 Å². The third-order valence-corrected chi connectivity index (χ3v) is 11.2. The molecule has 4 heteroatoms. The summed E-state index contributed by atoms with van der Waals surface area (Å²) in [4.78, 5) is 11.5. The van der Waals surface area contributed by atoms with Crippen LogP contribution in [0.3, 0.4) is 0 Å². The fourth-order valence-corrected chi connectivity index (χ4v) is 9.59. The highest BCUT2D eigenvalue weighted by molar-refractivity contribution is 5.66. The molecule has 0 amide bonds. The lowest BCUT2D eigenvalue weighted by atomic mass is 9.43. The molecule has 0 spiro atoms. The second-order valence-corrected chi connectivity index (χ2v) is 13.4. The van der Waals surface area contributed by atoms with Crippen molar-refractivity contribution in [3.8, 4) is 0 Å². The van der Waals surface area contributed by atoms with E-state index in [1.54, 1.807) is 0 Å². The maximum Gasteiger partial charge on any atom is 0.302 e. The van der Waals surface area contributed by atoms with Crippen LogP contribution in [-0.2, 0) is 9.53 Å². The largest absolute Gasteiger partial charge is 0.463 e. The van der Waals surface area contributed by atoms with Crippen LogP contribution in [0.1, 0.15) is 106 Å². The van der Waals surface area contributed by atoms with Crippen LogP contribution < -0.4 is 0 Å². The fourth-order valence-electron chi connectivity index (χ4n) is 9.59. The highest BCUT2D eigenvalue weighted by Gasteiger charge is 2.65. The molecule has 2 unspecified atom stereocenters. The Morgan fingerprint density at radius 2 is 1.58 bits per heavy atom. The van der Waals surface area contributed by atoms with Crippen molar-refractivity contribution in [3.63, 3.8) is 0 Å². The van der Waals surface area contributed by atoms with Crippen molar-refractivity contribution >= 4 is 5.97 Å². The molecule has 4 nitrogen and oxygen atoms in total. The molecule has 0 aromatic heterocycles. The van der Waals surface area contributed by atoms with Crippen molar-refractivity contribution in [2.45, 2.75) is 124 Å². The summed E-state index contributed by atoms with van der Waals surface area (Å²) < 4.78 is 5.55. The van der Waals surface area contributed by atoms with Crippen LogP contribution in [0.15, 0.2) is 0 Å². The number of rotatable bonds is 6. The van der Waals surface area contributed by atoms with E-state index in [2.05, 4.69) is 34.6 Å². The number of hydrogen-bond acceptors (Lipinski definition) is 4. The number of carbonyl (C=O) groups excluding carboxylic acids is 1. The topological polar surface area (TPSA) is 66.8 Å². The van der Waals surface area contributed by atoms with Crippen molar-refractivity contribution < 1.29 is 19.7 Å². The van der Waals surface area contributed by atoms with E-state index in [9.17, 15) is 15.0 Å². The van der Waals surface area contributed by atoms with Crippen LogP contribution >= 0.6 is 0 Å². The molecule has 0 aromatic rings. The molecule has 4 fully saturated rings. The van der Waals surface area contributed by atoms with Crippen molar-refractivity contribution in [2.24, 2.45) is 52.3 Å². The van der Waals surface area contributed by atoms with E-state index in [0.29, 0.717) is 18.3 Å². The van der Waals surface area contributed by atoms with Crippen LogP contribution in [0.25, 0.3) is 0 Å². The smallest absolute Gasteiger partial charge is 0.302 e. The number of carbonyl (C=O) groups is 1. The lowest BCUT2D eigenvalue weighted by Gasteiger charge is -2.63. The molecule has 0 aromatic carbocycles. The summed E-state index contributed by atoms with van der Waals surface area (Å²) in [5.41, 5.74) is 0.319. The van der Waals surface area contributed by atoms with E-state index >= 15 is 0 Å². The van der Waals surface area contributed by atoms with Crippen molar-refractivity contribution in [1.82, 2.24) is 0 Å². The van der Waals surface area contributed by atoms with Gasteiger partial charge in [-0.2, -0.15) is 0 Å². The number of aliphatic hydroxyl groups excluding tert-OH is 2. The van der Waals surface area contributed by atoms with E-state index in [-0.39, 0.29) is 34.7 Å². The van der Waals surface area contributed by atoms with Crippen molar-refractivity contribution in [1.29, 1.82) is 0 Å². The molecule has 0 bridgehead atoms. The van der Waals surface area contributed by atoms with Crippen molar-refractivity contribution in [2.75, 3.05) is 0 Å². The molecule has 0 radical (unpaired) electrons. The van der Waals surface area contributed by atoms with Gasteiger partial charge in [0.05, 0.1) is 12.2 Å². The number of fused-ring (bicyclic) bond motifs is 5. The standard InChI is InChI=1S/C29H50O4/c1-17(2)8-7-9-18(3)21-10-11-22-25-23(13-15-28(21,22)5)29(6)14-12-20(33-19(4)30)16-24(29)26(31)27(25)32/h17-18,20-27,31-32H,7-16H2,1-6H3/t18-,20?,21-,22+,23+,24?,25+,26-,27-,28-,29-/m1/s1. The zero-order valence-corrected chi connectivity index (χ0v) is 22.1. The van der Waals surface area contributed by atoms with Gasteiger partial charge >= 0.3 is 5.97 Å². The summed E-state index contributed by atoms with van der Waals surface area (Å²) in [6.07, 6.45) is 9.97. The summed E-state index contributed by atoms with van der Waals surface area (Å²) in [6, 6.07) is 0. The molecular weight excluding hydrogens is 412 g/mol. The monoisotopic (exact) mass is 462 g/mol. The first-order valence-electron chi connectivity index (χ1n) is 14.0. The van der Waals surface area contributed by atoms with Crippen LogP contribution in [0.2, 0.25) is 0 Å². The van der Waals surface area contributed by atoms with E-state index < -0.39 is 12.2 Å². The van der Waals surface area contributed by atoms with Gasteiger partial charge in [0.15, 0.2) is 0 Å². The molecule has 11 atom stereocenters. The Hall–Kier alpha value is -0.610. The minimum atomic E-state index is -0.709. The molecule has 4 saturated carbocycles. The first kappa shape index (κ1) is 25.5. The van der Waals surface area contributed by atoms with Gasteiger partial charge in [0, 0.05) is 6.92 Å². The second-order valence-electron chi connectivity index (χ2n) is 13.4. The van der Waals surface area contributed by atoms with Gasteiger partial charge in [0.1, 0.15) is 6.10 Å². The Labute approximate surface area is 202 Å². The van der Waals surface area contributed by atoms with Gasteiger partial charge in [-0.15, -0.1) is 0 Å². The maximum absolute atomic E-state index is 11.5. The molecule has 33 heavy (non-hydrogen) atoms. The molecule has 0 saturated heterocycles. The molecule has 4 aliphatic rings. The first-order chi connectivity index (χ1) is 15.5. The Balaban J connectivity index is 1.52. The Morgan fingerprint density at radius 3 is 2.24 bits per heavy atom. The summed E-state index contributed by atoms with van der Waals surface area (Å²) in [6.45, 7) is 13.5. The summed E-state index contributed by atoms with van der Waals surface area (Å²) in [5, 5.41) is 22.9. The number of ether oxygens (including phenoxy) is 1. The molecule has 4 rings (SSSR count). The Kier molecular flexibility index (Phi) is 7.30. The van der Waals surface area contributed by atoms with Gasteiger partial charge in [-0.05, 0) is 97.2 Å². The minimum absolute atomic E-state index is 0.0170. The summed E-state index contributed by atoms with van der Waals surface area (Å²) >= 11 is 0. The number of esters is 1. The predicted molar refractivity (Wildman–Crippen MR) is 131 cm³/mol. The van der Waals surface area contributed by atoms with Gasteiger partial charge in [0.2, 0.25) is 0 Å². The molecule has 0 aliphatic heterocycles. The van der Waals surface area contributed by atoms with E-state index in [0.717, 1.165) is 30.6 Å². The quantitative estimate of drug-likeness (QED) is 0.476. The SMILES string of the molecule is CC(=O)OC1CC[C@@]2(C)C(C1)[C@@H](O)[C@H](O)[C@H]1[C@@H]3CC[C@H]([C@H](C)CCCC(C)C)[C@@]3(C)CC[C@@H]12. The fraction of sp³-hybridized carbons (Fsp3) is 0.966. The molecular formula is C29H50O4. The minimum Gasteiger partial charge on any atom is -0.463 e. The van der Waals surface area contributed by atoms with E-state index in [1.165, 1.54) is 51.9 Å². The van der Waals surface area contributed by atoms with Gasteiger partial charge in [-0.25, -0.2) is 0 Å². The summed E-state index contributed by atoms with van der Waals surface area (Å²) in [5.74, 6) is 3.23. The molecule has 4 aliphatic carbocycles. The highest BCUT2D eigenvalue weighted by atomic mass is 16.5. The van der Waals surface area contributed by atoms with Gasteiger partial charge in [-0.1, -0.05) is 53.9 Å². The van der Waals surface area contributed by atoms with Crippen LogP contribution in [0.5, 0.6) is 0 Å².